The molecule has 3 N–H and O–H groups in total. The highest BCUT2D eigenvalue weighted by Gasteiger charge is 1.93. The van der Waals surface area contributed by atoms with E-state index in [0.717, 1.165) is 9.75 Å². The van der Waals surface area contributed by atoms with Crippen LogP contribution in [0.1, 0.15) is 9.75 Å². The molecule has 1 aromatic rings. The van der Waals surface area contributed by atoms with Crippen LogP contribution in [0.2, 0.25) is 0 Å². The molecule has 0 aliphatic rings. The van der Waals surface area contributed by atoms with E-state index in [4.69, 9.17) is 10.2 Å². The molecule has 82 valence electrons. The van der Waals surface area contributed by atoms with Crippen LogP contribution in [0, 0.1) is 23.7 Å². The van der Waals surface area contributed by atoms with Crippen molar-refractivity contribution in [3.8, 4) is 23.7 Å². The fourth-order valence-corrected chi connectivity index (χ4v) is 1.61. The van der Waals surface area contributed by atoms with Crippen LogP contribution in [0.3, 0.4) is 0 Å². The minimum atomic E-state index is -1.09. The van der Waals surface area contributed by atoms with E-state index in [1.807, 2.05) is 6.07 Å². The van der Waals surface area contributed by atoms with Gasteiger partial charge in [-0.25, -0.2) is 4.79 Å². The second kappa shape index (κ2) is 6.52. The van der Waals surface area contributed by atoms with E-state index in [-0.39, 0.29) is 13.2 Å². The highest BCUT2D eigenvalue weighted by molar-refractivity contribution is 7.13. The number of carboxylic acid groups (broad SMARTS) is 1. The molecule has 4 nitrogen and oxygen atoms in total. The molecule has 0 aliphatic heterocycles. The first kappa shape index (κ1) is 12.1. The van der Waals surface area contributed by atoms with E-state index in [1.54, 1.807) is 6.07 Å². The Morgan fingerprint density at radius 1 is 1.31 bits per heavy atom. The maximum atomic E-state index is 10.1. The summed E-state index contributed by atoms with van der Waals surface area (Å²) < 4.78 is 0. The minimum absolute atomic E-state index is 0.102. The van der Waals surface area contributed by atoms with Gasteiger partial charge in [-0.05, 0) is 12.1 Å². The van der Waals surface area contributed by atoms with Gasteiger partial charge in [-0.2, -0.15) is 0 Å². The summed E-state index contributed by atoms with van der Waals surface area (Å²) in [6.07, 6.45) is -1.09. The van der Waals surface area contributed by atoms with E-state index >= 15 is 0 Å². The summed E-state index contributed by atoms with van der Waals surface area (Å²) in [5, 5.41) is 18.9. The van der Waals surface area contributed by atoms with Crippen LogP contribution in [0.25, 0.3) is 0 Å². The maximum absolute atomic E-state index is 10.1. The topological polar surface area (TPSA) is 69.6 Å². The SMILES string of the molecule is O=C(O)NCC#Cc1ccc(C#CCO)s1. The van der Waals surface area contributed by atoms with E-state index in [0.29, 0.717) is 0 Å². The Bertz CT molecular complexity index is 485. The van der Waals surface area contributed by atoms with Crippen molar-refractivity contribution in [2.24, 2.45) is 0 Å². The van der Waals surface area contributed by atoms with E-state index in [1.165, 1.54) is 11.3 Å². The van der Waals surface area contributed by atoms with Crippen molar-refractivity contribution in [1.82, 2.24) is 5.32 Å². The summed E-state index contributed by atoms with van der Waals surface area (Å²) in [5.41, 5.74) is 0. The van der Waals surface area contributed by atoms with Crippen LogP contribution in [0.5, 0.6) is 0 Å². The molecule has 0 bridgehead atoms. The zero-order chi connectivity index (χ0) is 11.8. The molecular weight excluding hydrogens is 226 g/mol. The second-order valence-corrected chi connectivity index (χ2v) is 3.67. The van der Waals surface area contributed by atoms with Crippen molar-refractivity contribution in [3.05, 3.63) is 21.9 Å². The molecule has 0 unspecified atom stereocenters. The average molecular weight is 235 g/mol. The van der Waals surface area contributed by atoms with Gasteiger partial charge in [0, 0.05) is 0 Å². The van der Waals surface area contributed by atoms with Gasteiger partial charge in [0.25, 0.3) is 0 Å². The minimum Gasteiger partial charge on any atom is -0.465 e. The number of carbonyl (C=O) groups is 1. The lowest BCUT2D eigenvalue weighted by Gasteiger charge is -1.88. The van der Waals surface area contributed by atoms with Crippen LogP contribution < -0.4 is 5.32 Å². The molecule has 1 rings (SSSR count). The third-order valence-electron chi connectivity index (χ3n) is 1.44. The van der Waals surface area contributed by atoms with Gasteiger partial charge in [-0.3, -0.25) is 0 Å². The fourth-order valence-electron chi connectivity index (χ4n) is 0.850. The van der Waals surface area contributed by atoms with Crippen LogP contribution >= 0.6 is 11.3 Å². The second-order valence-electron chi connectivity index (χ2n) is 2.58. The fraction of sp³-hybridized carbons (Fsp3) is 0.182. The quantitative estimate of drug-likeness (QED) is 0.628. The molecule has 0 spiro atoms. The molecule has 5 heteroatoms. The van der Waals surface area contributed by atoms with Gasteiger partial charge >= 0.3 is 6.09 Å². The van der Waals surface area contributed by atoms with E-state index in [9.17, 15) is 4.79 Å². The molecule has 0 fully saturated rings. The molecule has 0 aliphatic carbocycles. The Kier molecular flexibility index (Phi) is 4.94. The molecule has 1 amide bonds. The number of nitrogens with one attached hydrogen (secondary N) is 1. The highest BCUT2D eigenvalue weighted by Crippen LogP contribution is 2.13. The van der Waals surface area contributed by atoms with Crippen molar-refractivity contribution < 1.29 is 15.0 Å². The molecular formula is C11H9NO3S. The number of amides is 1. The van der Waals surface area contributed by atoms with Gasteiger partial charge in [0.05, 0.1) is 16.3 Å². The standard InChI is InChI=1S/C11H9NO3S/c13-8-2-4-10-6-5-9(16-10)3-1-7-12-11(14)15/h5-6,12-13H,7-8H2,(H,14,15). The molecule has 0 radical (unpaired) electrons. The summed E-state index contributed by atoms with van der Waals surface area (Å²) in [6.45, 7) is -0.0632. The van der Waals surface area contributed by atoms with Gasteiger partial charge in [0.15, 0.2) is 0 Å². The first-order valence-electron chi connectivity index (χ1n) is 4.37. The number of aliphatic hydroxyl groups is 1. The Hall–Kier alpha value is -1.95. The average Bonchev–Trinajstić information content (AvgIpc) is 2.69. The summed E-state index contributed by atoms with van der Waals surface area (Å²) >= 11 is 1.40. The van der Waals surface area contributed by atoms with Gasteiger partial charge in [-0.1, -0.05) is 23.7 Å². The Morgan fingerprint density at radius 2 is 1.94 bits per heavy atom. The smallest absolute Gasteiger partial charge is 0.405 e. The van der Waals surface area contributed by atoms with Gasteiger partial charge < -0.3 is 15.5 Å². The Morgan fingerprint density at radius 3 is 2.50 bits per heavy atom. The van der Waals surface area contributed by atoms with E-state index in [2.05, 4.69) is 29.0 Å². The lowest BCUT2D eigenvalue weighted by molar-refractivity contribution is 0.196. The largest absolute Gasteiger partial charge is 0.465 e. The third-order valence-corrected chi connectivity index (χ3v) is 2.35. The molecule has 0 atom stereocenters. The van der Waals surface area contributed by atoms with Crippen molar-refractivity contribution in [2.75, 3.05) is 13.2 Å². The zero-order valence-electron chi connectivity index (χ0n) is 8.28. The summed E-state index contributed by atoms with van der Waals surface area (Å²) in [4.78, 5) is 11.8. The van der Waals surface area contributed by atoms with Gasteiger partial charge in [-0.15, -0.1) is 11.3 Å². The van der Waals surface area contributed by atoms with Crippen LogP contribution in [0.15, 0.2) is 12.1 Å². The predicted molar refractivity (Wildman–Crippen MR) is 61.2 cm³/mol. The zero-order valence-corrected chi connectivity index (χ0v) is 9.10. The lowest BCUT2D eigenvalue weighted by atomic mass is 10.4. The molecule has 0 aromatic carbocycles. The number of aliphatic hydroxyl groups excluding tert-OH is 1. The van der Waals surface area contributed by atoms with Gasteiger partial charge in [0.1, 0.15) is 6.61 Å². The summed E-state index contributed by atoms with van der Waals surface area (Å²) in [7, 11) is 0. The molecule has 0 saturated carbocycles. The number of thiophene rings is 1. The van der Waals surface area contributed by atoms with Gasteiger partial charge in [0.2, 0.25) is 0 Å². The normalized spacial score (nSPS) is 8.31. The lowest BCUT2D eigenvalue weighted by Crippen LogP contribution is -2.20. The first-order chi connectivity index (χ1) is 7.72. The highest BCUT2D eigenvalue weighted by atomic mass is 32.1. The first-order valence-corrected chi connectivity index (χ1v) is 5.19. The van der Waals surface area contributed by atoms with E-state index < -0.39 is 6.09 Å². The molecule has 1 heterocycles. The van der Waals surface area contributed by atoms with Crippen LogP contribution in [-0.4, -0.2) is 29.5 Å². The number of hydrogen-bond donors (Lipinski definition) is 3. The molecule has 16 heavy (non-hydrogen) atoms. The van der Waals surface area contributed by atoms with Crippen molar-refractivity contribution in [3.63, 3.8) is 0 Å². The number of rotatable bonds is 1. The molecule has 0 saturated heterocycles. The van der Waals surface area contributed by atoms with Crippen molar-refractivity contribution >= 4 is 17.4 Å². The summed E-state index contributed by atoms with van der Waals surface area (Å²) in [6, 6.07) is 3.61. The number of hydrogen-bond acceptors (Lipinski definition) is 3. The Balaban J connectivity index is 2.54. The molecule has 1 aromatic heterocycles. The maximum Gasteiger partial charge on any atom is 0.405 e. The predicted octanol–water partition coefficient (Wildman–Crippen LogP) is 0.711. The van der Waals surface area contributed by atoms with Crippen molar-refractivity contribution in [1.29, 1.82) is 0 Å². The van der Waals surface area contributed by atoms with Crippen LogP contribution in [-0.2, 0) is 0 Å². The monoisotopic (exact) mass is 235 g/mol. The summed E-state index contributed by atoms with van der Waals surface area (Å²) in [5.74, 6) is 10.8. The Labute approximate surface area is 96.9 Å². The van der Waals surface area contributed by atoms with Crippen molar-refractivity contribution in [2.45, 2.75) is 0 Å². The third kappa shape index (κ3) is 4.52. The van der Waals surface area contributed by atoms with Crippen LogP contribution in [0.4, 0.5) is 4.79 Å².